The van der Waals surface area contributed by atoms with E-state index in [4.69, 9.17) is 9.52 Å². The van der Waals surface area contributed by atoms with Crippen LogP contribution in [0.2, 0.25) is 0 Å². The van der Waals surface area contributed by atoms with Crippen LogP contribution in [0.4, 0.5) is 0 Å². The molecular formula is C12H17NO5S. The summed E-state index contributed by atoms with van der Waals surface area (Å²) in [7, 11) is -3.57. The molecule has 7 heteroatoms. The Labute approximate surface area is 112 Å². The van der Waals surface area contributed by atoms with Crippen LogP contribution in [0.25, 0.3) is 0 Å². The van der Waals surface area contributed by atoms with Gasteiger partial charge in [0, 0.05) is 13.1 Å². The van der Waals surface area contributed by atoms with E-state index in [1.165, 1.54) is 10.4 Å². The summed E-state index contributed by atoms with van der Waals surface area (Å²) in [5.74, 6) is -0.375. The molecule has 0 aromatic carbocycles. The molecule has 106 valence electrons. The standard InChI is InChI=1S/C12H17NO5S/c1-8-7-11(9(2)18-8)19(16,17)13-5-3-10(4-6-13)12(14)15/h7,10H,3-6H2,1-2H3,(H,14,15). The molecular weight excluding hydrogens is 270 g/mol. The number of aliphatic carboxylic acids is 1. The fraction of sp³-hybridized carbons (Fsp3) is 0.583. The average molecular weight is 287 g/mol. The Balaban J connectivity index is 2.19. The summed E-state index contributed by atoms with van der Waals surface area (Å²) in [6.45, 7) is 3.79. The van der Waals surface area contributed by atoms with Gasteiger partial charge in [0.15, 0.2) is 0 Å². The smallest absolute Gasteiger partial charge is 0.306 e. The van der Waals surface area contributed by atoms with Crippen molar-refractivity contribution >= 4 is 16.0 Å². The number of carbonyl (C=O) groups is 1. The van der Waals surface area contributed by atoms with Crippen molar-refractivity contribution in [3.63, 3.8) is 0 Å². The number of sulfonamides is 1. The van der Waals surface area contributed by atoms with E-state index >= 15 is 0 Å². The number of aryl methyl sites for hydroxylation is 2. The molecule has 1 N–H and O–H groups in total. The number of furan rings is 1. The lowest BCUT2D eigenvalue weighted by molar-refractivity contribution is -0.142. The summed E-state index contributed by atoms with van der Waals surface area (Å²) in [5, 5.41) is 8.91. The van der Waals surface area contributed by atoms with Gasteiger partial charge in [-0.15, -0.1) is 0 Å². The number of piperidine rings is 1. The molecule has 1 fully saturated rings. The highest BCUT2D eigenvalue weighted by Gasteiger charge is 2.33. The summed E-state index contributed by atoms with van der Waals surface area (Å²) in [4.78, 5) is 11.0. The van der Waals surface area contributed by atoms with Crippen molar-refractivity contribution < 1.29 is 22.7 Å². The van der Waals surface area contributed by atoms with Crippen LogP contribution in [-0.2, 0) is 14.8 Å². The molecule has 1 aromatic rings. The number of rotatable bonds is 3. The first-order valence-electron chi connectivity index (χ1n) is 6.12. The van der Waals surface area contributed by atoms with Gasteiger partial charge in [0.1, 0.15) is 16.4 Å². The van der Waals surface area contributed by atoms with Crippen molar-refractivity contribution in [2.75, 3.05) is 13.1 Å². The zero-order valence-electron chi connectivity index (χ0n) is 10.9. The van der Waals surface area contributed by atoms with Crippen LogP contribution in [0.3, 0.4) is 0 Å². The van der Waals surface area contributed by atoms with Crippen LogP contribution in [-0.4, -0.2) is 36.9 Å². The first-order valence-corrected chi connectivity index (χ1v) is 7.56. The van der Waals surface area contributed by atoms with Crippen molar-refractivity contribution in [3.8, 4) is 0 Å². The first kappa shape index (κ1) is 14.1. The van der Waals surface area contributed by atoms with E-state index in [0.29, 0.717) is 24.4 Å². The average Bonchev–Trinajstić information content (AvgIpc) is 2.69. The second kappa shape index (κ2) is 4.97. The molecule has 0 bridgehead atoms. The maximum Gasteiger partial charge on any atom is 0.306 e. The van der Waals surface area contributed by atoms with Crippen molar-refractivity contribution in [1.82, 2.24) is 4.31 Å². The van der Waals surface area contributed by atoms with Crippen LogP contribution in [0.15, 0.2) is 15.4 Å². The lowest BCUT2D eigenvalue weighted by Crippen LogP contribution is -2.40. The Morgan fingerprint density at radius 3 is 2.37 bits per heavy atom. The van der Waals surface area contributed by atoms with Gasteiger partial charge in [-0.25, -0.2) is 8.42 Å². The number of nitrogens with zero attached hydrogens (tertiary/aromatic N) is 1. The topological polar surface area (TPSA) is 87.8 Å². The third-order valence-electron chi connectivity index (χ3n) is 3.42. The summed E-state index contributed by atoms with van der Waals surface area (Å²) >= 11 is 0. The zero-order valence-corrected chi connectivity index (χ0v) is 11.7. The lowest BCUT2D eigenvalue weighted by Gasteiger charge is -2.28. The van der Waals surface area contributed by atoms with Gasteiger partial charge in [-0.1, -0.05) is 0 Å². The van der Waals surface area contributed by atoms with E-state index in [0.717, 1.165) is 0 Å². The van der Waals surface area contributed by atoms with Crippen LogP contribution in [0.1, 0.15) is 24.4 Å². The molecule has 1 aliphatic rings. The molecule has 0 spiro atoms. The fourth-order valence-corrected chi connectivity index (χ4v) is 4.04. The molecule has 0 unspecified atom stereocenters. The van der Waals surface area contributed by atoms with Crippen molar-refractivity contribution in [2.24, 2.45) is 5.92 Å². The monoisotopic (exact) mass is 287 g/mol. The van der Waals surface area contributed by atoms with Crippen molar-refractivity contribution in [3.05, 3.63) is 17.6 Å². The third kappa shape index (κ3) is 2.66. The van der Waals surface area contributed by atoms with Crippen LogP contribution in [0, 0.1) is 19.8 Å². The second-order valence-electron chi connectivity index (χ2n) is 4.79. The molecule has 0 radical (unpaired) electrons. The van der Waals surface area contributed by atoms with Gasteiger partial charge >= 0.3 is 5.97 Å². The van der Waals surface area contributed by atoms with Gasteiger partial charge in [0.25, 0.3) is 0 Å². The molecule has 0 atom stereocenters. The van der Waals surface area contributed by atoms with E-state index in [9.17, 15) is 13.2 Å². The third-order valence-corrected chi connectivity index (χ3v) is 5.42. The van der Waals surface area contributed by atoms with Gasteiger partial charge in [0.2, 0.25) is 10.0 Å². The molecule has 19 heavy (non-hydrogen) atoms. The number of carboxylic acid groups (broad SMARTS) is 1. The van der Waals surface area contributed by atoms with Crippen LogP contribution in [0.5, 0.6) is 0 Å². The minimum Gasteiger partial charge on any atom is -0.481 e. The fourth-order valence-electron chi connectivity index (χ4n) is 2.35. The Hall–Kier alpha value is -1.34. The maximum absolute atomic E-state index is 12.4. The molecule has 6 nitrogen and oxygen atoms in total. The van der Waals surface area contributed by atoms with Gasteiger partial charge in [-0.05, 0) is 32.8 Å². The van der Waals surface area contributed by atoms with E-state index in [1.54, 1.807) is 13.8 Å². The van der Waals surface area contributed by atoms with Gasteiger partial charge < -0.3 is 9.52 Å². The van der Waals surface area contributed by atoms with Gasteiger partial charge in [-0.2, -0.15) is 4.31 Å². The first-order chi connectivity index (χ1) is 8.82. The summed E-state index contributed by atoms with van der Waals surface area (Å²) in [5.41, 5.74) is 0. The minimum absolute atomic E-state index is 0.179. The SMILES string of the molecule is Cc1cc(S(=O)(=O)N2CCC(C(=O)O)CC2)c(C)o1. The predicted molar refractivity (Wildman–Crippen MR) is 67.3 cm³/mol. The molecule has 1 aromatic heterocycles. The highest BCUT2D eigenvalue weighted by Crippen LogP contribution is 2.27. The van der Waals surface area contributed by atoms with E-state index in [2.05, 4.69) is 0 Å². The molecule has 2 heterocycles. The van der Waals surface area contributed by atoms with Crippen LogP contribution >= 0.6 is 0 Å². The van der Waals surface area contributed by atoms with Gasteiger partial charge in [-0.3, -0.25) is 4.79 Å². The van der Waals surface area contributed by atoms with Crippen LogP contribution < -0.4 is 0 Å². The highest BCUT2D eigenvalue weighted by atomic mass is 32.2. The van der Waals surface area contributed by atoms with E-state index in [1.807, 2.05) is 0 Å². The van der Waals surface area contributed by atoms with E-state index in [-0.39, 0.29) is 18.0 Å². The number of carboxylic acids is 1. The molecule has 1 saturated heterocycles. The molecule has 0 amide bonds. The van der Waals surface area contributed by atoms with E-state index < -0.39 is 21.9 Å². The van der Waals surface area contributed by atoms with Crippen molar-refractivity contribution in [2.45, 2.75) is 31.6 Å². The summed E-state index contributed by atoms with van der Waals surface area (Å²) in [6, 6.07) is 1.51. The second-order valence-corrected chi connectivity index (χ2v) is 6.70. The zero-order chi connectivity index (χ0) is 14.2. The Kier molecular flexibility index (Phi) is 3.69. The molecule has 1 aliphatic heterocycles. The highest BCUT2D eigenvalue weighted by molar-refractivity contribution is 7.89. The Morgan fingerprint density at radius 2 is 1.95 bits per heavy atom. The lowest BCUT2D eigenvalue weighted by atomic mass is 9.99. The molecule has 0 aliphatic carbocycles. The predicted octanol–water partition coefficient (Wildman–Crippen LogP) is 1.38. The van der Waals surface area contributed by atoms with Gasteiger partial charge in [0.05, 0.1) is 5.92 Å². The molecule has 2 rings (SSSR count). The Bertz CT molecular complexity index is 581. The Morgan fingerprint density at radius 1 is 1.37 bits per heavy atom. The minimum atomic E-state index is -3.57. The maximum atomic E-state index is 12.4. The summed E-state index contributed by atoms with van der Waals surface area (Å²) < 4.78 is 31.4. The number of hydrogen-bond donors (Lipinski definition) is 1. The van der Waals surface area contributed by atoms with Crippen molar-refractivity contribution in [1.29, 1.82) is 0 Å². The summed E-state index contributed by atoms with van der Waals surface area (Å²) in [6.07, 6.45) is 0.703. The molecule has 0 saturated carbocycles. The number of hydrogen-bond acceptors (Lipinski definition) is 4. The quantitative estimate of drug-likeness (QED) is 0.907. The largest absolute Gasteiger partial charge is 0.481 e. The normalized spacial score (nSPS) is 18.6.